The first-order valence-corrected chi connectivity index (χ1v) is 8.01. The molecule has 2 fully saturated rings. The second-order valence-corrected chi connectivity index (χ2v) is 7.23. The van der Waals surface area contributed by atoms with Crippen molar-refractivity contribution in [2.45, 2.75) is 63.5 Å². The summed E-state index contributed by atoms with van der Waals surface area (Å²) < 4.78 is 26.0. The third-order valence-electron chi connectivity index (χ3n) is 5.09. The lowest BCUT2D eigenvalue weighted by atomic mass is 9.75. The number of fused-ring (bicyclic) bond motifs is 1. The van der Waals surface area contributed by atoms with Gasteiger partial charge in [-0.25, -0.2) is 8.78 Å². The molecule has 2 nitrogen and oxygen atoms in total. The minimum absolute atomic E-state index is 0.124. The normalized spacial score (nSPS) is 32.3. The molecule has 0 bridgehead atoms. The number of allylic oxidation sites excluding steroid dienone is 4. The van der Waals surface area contributed by atoms with Crippen LogP contribution in [-0.4, -0.2) is 23.7 Å². The van der Waals surface area contributed by atoms with E-state index in [-0.39, 0.29) is 12.8 Å². The van der Waals surface area contributed by atoms with Gasteiger partial charge in [-0.1, -0.05) is 18.2 Å². The van der Waals surface area contributed by atoms with Crippen LogP contribution in [0, 0.1) is 5.92 Å². The second-order valence-electron chi connectivity index (χ2n) is 7.23. The molecule has 0 spiro atoms. The molecule has 0 aromatic rings. The number of nitrogens with zero attached hydrogens (tertiary/aromatic N) is 1. The van der Waals surface area contributed by atoms with Gasteiger partial charge in [0.2, 0.25) is 0 Å². The van der Waals surface area contributed by atoms with Gasteiger partial charge in [0.25, 0.3) is 5.92 Å². The zero-order chi connectivity index (χ0) is 16.0. The maximum absolute atomic E-state index is 13.0. The Morgan fingerprint density at radius 3 is 2.82 bits per heavy atom. The maximum atomic E-state index is 13.0. The highest BCUT2D eigenvalue weighted by Crippen LogP contribution is 2.47. The van der Waals surface area contributed by atoms with Crippen molar-refractivity contribution >= 4 is 6.21 Å². The van der Waals surface area contributed by atoms with Crippen LogP contribution in [0.1, 0.15) is 46.0 Å². The highest BCUT2D eigenvalue weighted by molar-refractivity contribution is 5.63. The van der Waals surface area contributed by atoms with Gasteiger partial charge in [-0.2, -0.15) is 0 Å². The van der Waals surface area contributed by atoms with E-state index in [0.29, 0.717) is 12.0 Å². The summed E-state index contributed by atoms with van der Waals surface area (Å²) in [5.41, 5.74) is 3.15. The molecule has 3 rings (SSSR count). The first-order chi connectivity index (χ1) is 10.3. The van der Waals surface area contributed by atoms with E-state index in [1.54, 1.807) is 0 Å². The molecular weight excluding hydrogens is 282 g/mol. The molecule has 3 aliphatic rings. The van der Waals surface area contributed by atoms with Crippen LogP contribution in [0.4, 0.5) is 8.78 Å². The van der Waals surface area contributed by atoms with Crippen LogP contribution >= 0.6 is 0 Å². The first-order valence-electron chi connectivity index (χ1n) is 8.01. The summed E-state index contributed by atoms with van der Waals surface area (Å²) in [6, 6.07) is 0.581. The number of hydrogen-bond donors (Lipinski definition) is 1. The van der Waals surface area contributed by atoms with E-state index in [4.69, 9.17) is 0 Å². The third kappa shape index (κ3) is 3.16. The summed E-state index contributed by atoms with van der Waals surface area (Å²) in [6.07, 6.45) is 8.55. The number of halogens is 2. The van der Waals surface area contributed by atoms with Crippen LogP contribution in [0.3, 0.4) is 0 Å². The second kappa shape index (κ2) is 5.32. The lowest BCUT2D eigenvalue weighted by molar-refractivity contribution is -0.115. The SMILES string of the molecule is C=CC1=CNC2CC2CC(CC=NC2(C)CC(F)(F)C2)=C1C. The zero-order valence-corrected chi connectivity index (χ0v) is 13.3. The monoisotopic (exact) mass is 306 g/mol. The Labute approximate surface area is 131 Å². The summed E-state index contributed by atoms with van der Waals surface area (Å²) in [4.78, 5) is 4.43. The molecule has 0 saturated heterocycles. The quantitative estimate of drug-likeness (QED) is 0.765. The Hall–Kier alpha value is -1.45. The molecular formula is C18H24F2N2. The fraction of sp³-hybridized carbons (Fsp3) is 0.611. The van der Waals surface area contributed by atoms with E-state index in [9.17, 15) is 8.78 Å². The molecule has 0 amide bonds. The standard InChI is InChI=1S/C18H24F2N2/c1-4-13-9-21-16-8-15(16)7-14(12(13)2)5-6-22-17(3)10-18(19,20)11-17/h4,6,9,15-16,21H,1,5,7-8,10-11H2,2-3H3. The zero-order valence-electron chi connectivity index (χ0n) is 13.3. The molecule has 2 aliphatic carbocycles. The van der Waals surface area contributed by atoms with Crippen molar-refractivity contribution < 1.29 is 8.78 Å². The Bertz CT molecular complexity index is 564. The van der Waals surface area contributed by atoms with Gasteiger partial charge < -0.3 is 5.32 Å². The molecule has 4 heteroatoms. The van der Waals surface area contributed by atoms with Gasteiger partial charge in [0.15, 0.2) is 0 Å². The molecule has 1 N–H and O–H groups in total. The summed E-state index contributed by atoms with van der Waals surface area (Å²) in [6.45, 7) is 7.81. The molecule has 1 heterocycles. The lowest BCUT2D eigenvalue weighted by Crippen LogP contribution is -2.48. The minimum Gasteiger partial charge on any atom is -0.387 e. The molecule has 0 radical (unpaired) electrons. The predicted molar refractivity (Wildman–Crippen MR) is 86.3 cm³/mol. The third-order valence-corrected chi connectivity index (χ3v) is 5.09. The van der Waals surface area contributed by atoms with Gasteiger partial charge in [-0.15, -0.1) is 0 Å². The maximum Gasteiger partial charge on any atom is 0.252 e. The largest absolute Gasteiger partial charge is 0.387 e. The van der Waals surface area contributed by atoms with Crippen LogP contribution in [0.5, 0.6) is 0 Å². The number of alkyl halides is 2. The minimum atomic E-state index is -2.52. The highest BCUT2D eigenvalue weighted by atomic mass is 19.3. The molecule has 22 heavy (non-hydrogen) atoms. The predicted octanol–water partition coefficient (Wildman–Crippen LogP) is 4.40. The molecule has 0 aromatic carbocycles. The number of rotatable bonds is 4. The lowest BCUT2D eigenvalue weighted by Gasteiger charge is -2.41. The van der Waals surface area contributed by atoms with E-state index in [1.165, 1.54) is 17.6 Å². The van der Waals surface area contributed by atoms with Gasteiger partial charge in [0.05, 0.1) is 5.54 Å². The molecule has 0 aromatic heterocycles. The number of hydrogen-bond acceptors (Lipinski definition) is 2. The van der Waals surface area contributed by atoms with E-state index in [0.717, 1.165) is 18.4 Å². The van der Waals surface area contributed by atoms with E-state index < -0.39 is 11.5 Å². The van der Waals surface area contributed by atoms with Crippen LogP contribution in [0.2, 0.25) is 0 Å². The molecule has 2 saturated carbocycles. The Morgan fingerprint density at radius 1 is 1.45 bits per heavy atom. The fourth-order valence-electron chi connectivity index (χ4n) is 3.63. The molecule has 120 valence electrons. The van der Waals surface area contributed by atoms with Crippen LogP contribution in [0.25, 0.3) is 0 Å². The summed E-state index contributed by atoms with van der Waals surface area (Å²) in [5, 5.41) is 3.43. The molecule has 2 atom stereocenters. The van der Waals surface area contributed by atoms with E-state index in [2.05, 4.69) is 30.0 Å². The van der Waals surface area contributed by atoms with Crippen LogP contribution < -0.4 is 5.32 Å². The fourth-order valence-corrected chi connectivity index (χ4v) is 3.63. The summed E-state index contributed by atoms with van der Waals surface area (Å²) in [5.74, 6) is -1.82. The molecule has 2 unspecified atom stereocenters. The summed E-state index contributed by atoms with van der Waals surface area (Å²) >= 11 is 0. The smallest absolute Gasteiger partial charge is 0.252 e. The average Bonchev–Trinajstić information content (AvgIpc) is 3.11. The van der Waals surface area contributed by atoms with Crippen molar-refractivity contribution in [1.82, 2.24) is 5.32 Å². The van der Waals surface area contributed by atoms with Crippen molar-refractivity contribution in [1.29, 1.82) is 0 Å². The van der Waals surface area contributed by atoms with Crippen molar-refractivity contribution in [2.24, 2.45) is 10.9 Å². The van der Waals surface area contributed by atoms with Gasteiger partial charge in [-0.3, -0.25) is 4.99 Å². The van der Waals surface area contributed by atoms with Crippen molar-refractivity contribution in [3.63, 3.8) is 0 Å². The topological polar surface area (TPSA) is 24.4 Å². The molecule has 1 aliphatic heterocycles. The first kappa shape index (κ1) is 15.4. The van der Waals surface area contributed by atoms with Gasteiger partial charge in [0.1, 0.15) is 0 Å². The Morgan fingerprint density at radius 2 is 2.18 bits per heavy atom. The van der Waals surface area contributed by atoms with Crippen LogP contribution in [-0.2, 0) is 0 Å². The van der Waals surface area contributed by atoms with E-state index in [1.807, 2.05) is 19.2 Å². The van der Waals surface area contributed by atoms with Crippen molar-refractivity contribution in [2.75, 3.05) is 0 Å². The Kier molecular flexibility index (Phi) is 3.74. The summed E-state index contributed by atoms with van der Waals surface area (Å²) in [7, 11) is 0. The van der Waals surface area contributed by atoms with Crippen molar-refractivity contribution in [3.05, 3.63) is 35.6 Å². The average molecular weight is 306 g/mol. The van der Waals surface area contributed by atoms with Gasteiger partial charge >= 0.3 is 0 Å². The van der Waals surface area contributed by atoms with E-state index >= 15 is 0 Å². The van der Waals surface area contributed by atoms with Gasteiger partial charge in [0, 0.05) is 37.7 Å². The van der Waals surface area contributed by atoms with Gasteiger partial charge in [-0.05, 0) is 43.8 Å². The number of nitrogens with one attached hydrogen (secondary N) is 1. The van der Waals surface area contributed by atoms with Crippen molar-refractivity contribution in [3.8, 4) is 0 Å². The Balaban J connectivity index is 1.69. The highest BCUT2D eigenvalue weighted by Gasteiger charge is 2.53. The number of aliphatic imine (C=N–C) groups is 1. The van der Waals surface area contributed by atoms with Crippen LogP contribution in [0.15, 0.2) is 40.6 Å².